The van der Waals surface area contributed by atoms with E-state index in [1.165, 1.54) is 0 Å². The van der Waals surface area contributed by atoms with Crippen LogP contribution in [-0.4, -0.2) is 42.7 Å². The topological polar surface area (TPSA) is 107 Å². The number of furan rings is 1. The Hall–Kier alpha value is -2.49. The molecule has 2 saturated heterocycles. The van der Waals surface area contributed by atoms with Crippen molar-refractivity contribution < 1.29 is 27.8 Å². The number of hydrogen-bond acceptors (Lipinski definition) is 8. The molecule has 0 N–H and O–H groups in total. The molecule has 0 aliphatic carbocycles. The van der Waals surface area contributed by atoms with Gasteiger partial charge in [-0.1, -0.05) is 0 Å². The Morgan fingerprint density at radius 1 is 0.861 bits per heavy atom. The lowest BCUT2D eigenvalue weighted by Gasteiger charge is -2.42. The Morgan fingerprint density at radius 3 is 1.97 bits per heavy atom. The summed E-state index contributed by atoms with van der Waals surface area (Å²) in [6.45, 7) is 17.6. The molecule has 0 saturated carbocycles. The third kappa shape index (κ3) is 4.31. The Bertz CT molecular complexity index is 1210. The van der Waals surface area contributed by atoms with Crippen LogP contribution in [0.3, 0.4) is 0 Å². The van der Waals surface area contributed by atoms with Gasteiger partial charge in [0.2, 0.25) is 5.76 Å². The summed E-state index contributed by atoms with van der Waals surface area (Å²) in [5, 5.41) is 19.0. The second-order valence-corrected chi connectivity index (χ2v) is 11.4. The van der Waals surface area contributed by atoms with Crippen LogP contribution in [0.4, 0.5) is 0 Å². The first-order valence-corrected chi connectivity index (χ1v) is 12.4. The Balaban J connectivity index is 1.54. The van der Waals surface area contributed by atoms with E-state index in [9.17, 15) is 10.5 Å². The standard InChI is InChI=1S/C26H34B2N2O6/c1-16-12-21(22(15-30)31-16)28-34-24(6,7)26(9,36-28)11-10-25(8)23(4,5)33-27(35-25)20-13-19(14-29)17(2)32-18(20)3/h12-13,17H,10-11H2,1-9H3/t17-,25?,26?/m0/s1. The fourth-order valence-electron chi connectivity index (χ4n) is 4.98. The SMILES string of the molecule is CC1=C(B2OC(C)(C)C(C)(CCC3(C)OB(c4cc(C)oc4C#N)OC3(C)C)O2)C=C(C#N)[C@H](C)O1. The summed E-state index contributed by atoms with van der Waals surface area (Å²) in [4.78, 5) is 0. The zero-order valence-electron chi connectivity index (χ0n) is 22.6. The van der Waals surface area contributed by atoms with Crippen LogP contribution in [0.2, 0.25) is 0 Å². The van der Waals surface area contributed by atoms with Crippen LogP contribution < -0.4 is 5.46 Å². The highest BCUT2D eigenvalue weighted by Crippen LogP contribution is 2.47. The summed E-state index contributed by atoms with van der Waals surface area (Å²) < 4.78 is 37.1. The molecule has 36 heavy (non-hydrogen) atoms. The van der Waals surface area contributed by atoms with Crippen LogP contribution >= 0.6 is 0 Å². The largest absolute Gasteiger partial charge is 0.499 e. The van der Waals surface area contributed by atoms with Crippen LogP contribution in [-0.2, 0) is 23.4 Å². The van der Waals surface area contributed by atoms with Gasteiger partial charge in [0, 0.05) is 10.9 Å². The maximum absolute atomic E-state index is 9.48. The molecule has 4 rings (SSSR count). The molecule has 8 nitrogen and oxygen atoms in total. The lowest BCUT2D eigenvalue weighted by atomic mass is 9.75. The van der Waals surface area contributed by atoms with Gasteiger partial charge in [0.05, 0.1) is 39.8 Å². The summed E-state index contributed by atoms with van der Waals surface area (Å²) in [6, 6.07) is 6.09. The zero-order valence-corrected chi connectivity index (χ0v) is 22.6. The number of aryl methyl sites for hydroxylation is 1. The minimum absolute atomic E-state index is 0.207. The summed E-state index contributed by atoms with van der Waals surface area (Å²) in [5.74, 6) is 1.54. The first kappa shape index (κ1) is 26.6. The molecule has 1 aromatic heterocycles. The maximum Gasteiger partial charge on any atom is 0.499 e. The van der Waals surface area contributed by atoms with Gasteiger partial charge in [-0.05, 0) is 87.3 Å². The molecular weight excluding hydrogens is 458 g/mol. The number of nitrogens with zero attached hydrogens (tertiary/aromatic N) is 2. The van der Waals surface area contributed by atoms with Gasteiger partial charge in [-0.2, -0.15) is 10.5 Å². The summed E-state index contributed by atoms with van der Waals surface area (Å²) in [6.07, 6.45) is 2.77. The minimum Gasteiger partial charge on any atom is -0.490 e. The highest BCUT2D eigenvalue weighted by Gasteiger charge is 2.59. The fraction of sp³-hybridized carbons (Fsp3) is 0.615. The number of hydrogen-bond donors (Lipinski definition) is 0. The van der Waals surface area contributed by atoms with Crippen molar-refractivity contribution in [2.45, 2.75) is 104 Å². The van der Waals surface area contributed by atoms with Crippen molar-refractivity contribution in [1.29, 1.82) is 10.5 Å². The molecular formula is C26H34B2N2O6. The van der Waals surface area contributed by atoms with Crippen LogP contribution in [0.5, 0.6) is 0 Å². The molecule has 4 heterocycles. The molecule has 1 aromatic rings. The molecule has 3 atom stereocenters. The van der Waals surface area contributed by atoms with Gasteiger partial charge in [-0.15, -0.1) is 0 Å². The maximum atomic E-state index is 9.48. The molecule has 0 spiro atoms. The second kappa shape index (κ2) is 8.82. The number of nitriles is 2. The number of allylic oxidation sites excluding steroid dienone is 3. The predicted octanol–water partition coefficient (Wildman–Crippen LogP) is 4.27. The average molecular weight is 492 g/mol. The fourth-order valence-corrected chi connectivity index (χ4v) is 4.98. The zero-order chi connectivity index (χ0) is 26.7. The molecule has 0 amide bonds. The smallest absolute Gasteiger partial charge is 0.490 e. The Morgan fingerprint density at radius 2 is 1.42 bits per heavy atom. The summed E-state index contributed by atoms with van der Waals surface area (Å²) in [7, 11) is -1.35. The van der Waals surface area contributed by atoms with Crippen molar-refractivity contribution in [3.8, 4) is 12.1 Å². The van der Waals surface area contributed by atoms with Gasteiger partial charge in [0.25, 0.3) is 0 Å². The Labute approximate surface area is 214 Å². The van der Waals surface area contributed by atoms with Crippen LogP contribution in [0.1, 0.15) is 79.8 Å². The van der Waals surface area contributed by atoms with Crippen LogP contribution in [0.15, 0.2) is 33.4 Å². The van der Waals surface area contributed by atoms with Crippen molar-refractivity contribution in [3.05, 3.63) is 40.5 Å². The molecule has 2 fully saturated rings. The van der Waals surface area contributed by atoms with E-state index in [2.05, 4.69) is 12.1 Å². The van der Waals surface area contributed by atoms with Crippen LogP contribution in [0.25, 0.3) is 0 Å². The summed E-state index contributed by atoms with van der Waals surface area (Å²) >= 11 is 0. The van der Waals surface area contributed by atoms with E-state index in [-0.39, 0.29) is 11.9 Å². The van der Waals surface area contributed by atoms with Gasteiger partial charge >= 0.3 is 14.2 Å². The molecule has 190 valence electrons. The molecule has 10 heteroatoms. The molecule has 0 radical (unpaired) electrons. The van der Waals surface area contributed by atoms with Crippen molar-refractivity contribution in [2.24, 2.45) is 0 Å². The van der Waals surface area contributed by atoms with E-state index in [0.717, 1.165) is 5.47 Å². The first-order valence-electron chi connectivity index (χ1n) is 12.4. The van der Waals surface area contributed by atoms with E-state index in [0.29, 0.717) is 35.4 Å². The lowest BCUT2D eigenvalue weighted by Crippen LogP contribution is -2.50. The number of ether oxygens (including phenoxy) is 1. The highest BCUT2D eigenvalue weighted by molar-refractivity contribution is 6.62. The minimum atomic E-state index is -0.699. The van der Waals surface area contributed by atoms with E-state index >= 15 is 0 Å². The Kier molecular flexibility index (Phi) is 6.51. The first-order chi connectivity index (χ1) is 16.6. The predicted molar refractivity (Wildman–Crippen MR) is 135 cm³/mol. The number of rotatable bonds is 5. The van der Waals surface area contributed by atoms with Crippen molar-refractivity contribution in [1.82, 2.24) is 0 Å². The van der Waals surface area contributed by atoms with E-state index in [1.807, 2.05) is 61.5 Å². The van der Waals surface area contributed by atoms with E-state index < -0.39 is 36.6 Å². The second-order valence-electron chi connectivity index (χ2n) is 11.4. The van der Waals surface area contributed by atoms with Crippen LogP contribution in [0, 0.1) is 29.6 Å². The lowest BCUT2D eigenvalue weighted by molar-refractivity contribution is -0.0576. The highest BCUT2D eigenvalue weighted by atomic mass is 16.7. The monoisotopic (exact) mass is 492 g/mol. The quantitative estimate of drug-likeness (QED) is 0.561. The van der Waals surface area contributed by atoms with E-state index in [1.54, 1.807) is 13.0 Å². The van der Waals surface area contributed by atoms with Gasteiger partial charge in [0.15, 0.2) is 0 Å². The van der Waals surface area contributed by atoms with E-state index in [4.69, 9.17) is 27.8 Å². The molecule has 3 aliphatic rings. The third-order valence-corrected chi connectivity index (χ3v) is 8.30. The van der Waals surface area contributed by atoms with Gasteiger partial charge < -0.3 is 27.8 Å². The van der Waals surface area contributed by atoms with Crippen molar-refractivity contribution in [3.63, 3.8) is 0 Å². The summed E-state index contributed by atoms with van der Waals surface area (Å²) in [5.41, 5.74) is -0.699. The molecule has 0 aromatic carbocycles. The third-order valence-electron chi connectivity index (χ3n) is 8.30. The van der Waals surface area contributed by atoms with Gasteiger partial charge in [0.1, 0.15) is 17.9 Å². The molecule has 0 bridgehead atoms. The van der Waals surface area contributed by atoms with Crippen molar-refractivity contribution >= 4 is 19.7 Å². The molecule has 3 aliphatic heterocycles. The van der Waals surface area contributed by atoms with Gasteiger partial charge in [-0.3, -0.25) is 0 Å². The molecule has 2 unspecified atom stereocenters. The van der Waals surface area contributed by atoms with Gasteiger partial charge in [-0.25, -0.2) is 0 Å². The average Bonchev–Trinajstić information content (AvgIpc) is 3.36. The van der Waals surface area contributed by atoms with Crippen molar-refractivity contribution in [2.75, 3.05) is 0 Å². The normalized spacial score (nSPS) is 31.2.